The van der Waals surface area contributed by atoms with Gasteiger partial charge in [0.05, 0.1) is 7.11 Å². The standard InChI is InChI=1S/C28H25F4N3O5/c1-14-9-10-34(16-5-6-16)27(38)24(14)35-13-19(22-20(29)11-18(39-2)12-21(22)30)23(26(35)37)33-25(36)15-3-7-17(8-4-15)40-28(31)32/h3-4,7-12,16,19,23,28H,5-6,13H2,1-2H3,(H,33,36)/t19-,23-/m0/s1. The van der Waals surface area contributed by atoms with Crippen molar-refractivity contribution in [3.05, 3.63) is 87.3 Å². The van der Waals surface area contributed by atoms with Gasteiger partial charge in [-0.15, -0.1) is 0 Å². The predicted octanol–water partition coefficient (Wildman–Crippen LogP) is 4.31. The molecule has 0 unspecified atom stereocenters. The van der Waals surface area contributed by atoms with Gasteiger partial charge in [-0.1, -0.05) is 0 Å². The van der Waals surface area contributed by atoms with Crippen molar-refractivity contribution in [3.63, 3.8) is 0 Å². The summed E-state index contributed by atoms with van der Waals surface area (Å²) in [5.74, 6) is -4.94. The number of carbonyl (C=O) groups excluding carboxylic acids is 2. The van der Waals surface area contributed by atoms with E-state index in [1.807, 2.05) is 0 Å². The average Bonchev–Trinajstić information content (AvgIpc) is 3.70. The number of nitrogens with zero attached hydrogens (tertiary/aromatic N) is 2. The first-order chi connectivity index (χ1) is 19.1. The van der Waals surface area contributed by atoms with Crippen molar-refractivity contribution < 1.29 is 36.6 Å². The maximum absolute atomic E-state index is 15.2. The van der Waals surface area contributed by atoms with Gasteiger partial charge in [-0.25, -0.2) is 8.78 Å². The number of alkyl halides is 2. The van der Waals surface area contributed by atoms with Crippen LogP contribution in [0.1, 0.15) is 46.3 Å². The molecule has 1 N–H and O–H groups in total. The zero-order valence-corrected chi connectivity index (χ0v) is 21.5. The minimum absolute atomic E-state index is 0.00530. The van der Waals surface area contributed by atoms with Crippen molar-refractivity contribution in [2.45, 2.75) is 44.4 Å². The van der Waals surface area contributed by atoms with E-state index in [1.165, 1.54) is 23.8 Å². The molecule has 2 fully saturated rings. The summed E-state index contributed by atoms with van der Waals surface area (Å²) in [5.41, 5.74) is -0.296. The van der Waals surface area contributed by atoms with Gasteiger partial charge in [0.25, 0.3) is 11.5 Å². The highest BCUT2D eigenvalue weighted by Crippen LogP contribution is 2.38. The lowest BCUT2D eigenvalue weighted by molar-refractivity contribution is -0.118. The number of nitrogens with one attached hydrogen (secondary N) is 1. The molecular formula is C28H25F4N3O5. The Bertz CT molecular complexity index is 1500. The summed E-state index contributed by atoms with van der Waals surface area (Å²) in [6.07, 6.45) is 3.29. The number of halogens is 4. The lowest BCUT2D eigenvalue weighted by atomic mass is 9.92. The molecule has 2 amide bonds. The summed E-state index contributed by atoms with van der Waals surface area (Å²) < 4.78 is 66.2. The van der Waals surface area contributed by atoms with E-state index in [2.05, 4.69) is 10.1 Å². The maximum atomic E-state index is 15.2. The average molecular weight is 560 g/mol. The number of benzene rings is 2. The first kappa shape index (κ1) is 27.2. The third-order valence-corrected chi connectivity index (χ3v) is 7.11. The normalized spacial score (nSPS) is 18.8. The Kier molecular flexibility index (Phi) is 7.26. The Hall–Kier alpha value is -4.35. The molecule has 40 heavy (non-hydrogen) atoms. The van der Waals surface area contributed by atoms with Crippen molar-refractivity contribution in [3.8, 4) is 11.5 Å². The van der Waals surface area contributed by atoms with Gasteiger partial charge in [-0.05, 0) is 55.7 Å². The number of carbonyl (C=O) groups is 2. The molecule has 0 radical (unpaired) electrons. The van der Waals surface area contributed by atoms with Crippen molar-refractivity contribution in [2.75, 3.05) is 18.6 Å². The number of hydrogen-bond donors (Lipinski definition) is 1. The van der Waals surface area contributed by atoms with Crippen LogP contribution in [-0.2, 0) is 4.79 Å². The molecule has 1 aliphatic carbocycles. The van der Waals surface area contributed by atoms with E-state index in [1.54, 1.807) is 19.2 Å². The summed E-state index contributed by atoms with van der Waals surface area (Å²) in [6.45, 7) is -1.68. The number of amides is 2. The number of ether oxygens (including phenoxy) is 2. The Labute approximate surface area is 226 Å². The van der Waals surface area contributed by atoms with Gasteiger partial charge in [0, 0.05) is 48.0 Å². The number of anilines is 1. The van der Waals surface area contributed by atoms with Crippen molar-refractivity contribution in [1.82, 2.24) is 9.88 Å². The molecular weight excluding hydrogens is 534 g/mol. The fraction of sp³-hybridized carbons (Fsp3) is 0.321. The molecule has 12 heteroatoms. The highest BCUT2D eigenvalue weighted by atomic mass is 19.3. The SMILES string of the molecule is COc1cc(F)c([C@@H]2CN(c3c(C)ccn(C4CC4)c3=O)C(=O)[C@H]2NC(=O)c2ccc(OC(F)F)cc2)c(F)c1. The number of pyridine rings is 1. The molecule has 2 aliphatic rings. The zero-order chi connectivity index (χ0) is 28.7. The fourth-order valence-corrected chi connectivity index (χ4v) is 5.00. The van der Waals surface area contributed by atoms with Crippen LogP contribution in [0.3, 0.4) is 0 Å². The van der Waals surface area contributed by atoms with E-state index in [0.29, 0.717) is 5.56 Å². The van der Waals surface area contributed by atoms with Gasteiger partial charge < -0.3 is 24.3 Å². The highest BCUT2D eigenvalue weighted by molar-refractivity contribution is 6.05. The topological polar surface area (TPSA) is 89.9 Å². The molecule has 8 nitrogen and oxygen atoms in total. The van der Waals surface area contributed by atoms with E-state index in [9.17, 15) is 23.2 Å². The Morgan fingerprint density at radius 2 is 1.68 bits per heavy atom. The van der Waals surface area contributed by atoms with Gasteiger partial charge in [0.2, 0.25) is 5.91 Å². The summed E-state index contributed by atoms with van der Waals surface area (Å²) in [5, 5.41) is 2.53. The van der Waals surface area contributed by atoms with Gasteiger partial charge in [-0.2, -0.15) is 8.78 Å². The van der Waals surface area contributed by atoms with Crippen LogP contribution in [-0.4, -0.2) is 42.7 Å². The van der Waals surface area contributed by atoms with Crippen molar-refractivity contribution in [2.24, 2.45) is 0 Å². The highest BCUT2D eigenvalue weighted by Gasteiger charge is 2.46. The number of aryl methyl sites for hydroxylation is 1. The second-order valence-electron chi connectivity index (χ2n) is 9.71. The van der Waals surface area contributed by atoms with Crippen LogP contribution in [0.2, 0.25) is 0 Å². The van der Waals surface area contributed by atoms with Gasteiger partial charge in [0.1, 0.15) is 34.9 Å². The molecule has 0 bridgehead atoms. The quantitative estimate of drug-likeness (QED) is 0.416. The number of rotatable bonds is 8. The van der Waals surface area contributed by atoms with E-state index in [-0.39, 0.29) is 35.3 Å². The first-order valence-electron chi connectivity index (χ1n) is 12.5. The second-order valence-corrected chi connectivity index (χ2v) is 9.71. The molecule has 2 aromatic carbocycles. The van der Waals surface area contributed by atoms with Gasteiger partial charge in [0.15, 0.2) is 0 Å². The first-order valence-corrected chi connectivity index (χ1v) is 12.5. The predicted molar refractivity (Wildman–Crippen MR) is 136 cm³/mol. The molecule has 1 aliphatic heterocycles. The molecule has 1 saturated carbocycles. The summed E-state index contributed by atoms with van der Waals surface area (Å²) in [7, 11) is 1.25. The minimum atomic E-state index is -3.05. The molecule has 1 saturated heterocycles. The zero-order valence-electron chi connectivity index (χ0n) is 21.5. The van der Waals surface area contributed by atoms with E-state index >= 15 is 8.78 Å². The number of aromatic nitrogens is 1. The van der Waals surface area contributed by atoms with Crippen LogP contribution in [0.15, 0.2) is 53.5 Å². The number of hydrogen-bond acceptors (Lipinski definition) is 5. The van der Waals surface area contributed by atoms with Crippen LogP contribution in [0.5, 0.6) is 11.5 Å². The van der Waals surface area contributed by atoms with Gasteiger partial charge >= 0.3 is 6.61 Å². The van der Waals surface area contributed by atoms with E-state index in [0.717, 1.165) is 42.0 Å². The summed E-state index contributed by atoms with van der Waals surface area (Å²) in [6, 6.07) is 6.93. The molecule has 5 rings (SSSR count). The monoisotopic (exact) mass is 559 g/mol. The van der Waals surface area contributed by atoms with E-state index in [4.69, 9.17) is 4.74 Å². The largest absolute Gasteiger partial charge is 0.497 e. The third kappa shape index (κ3) is 5.13. The van der Waals surface area contributed by atoms with Crippen LogP contribution in [0.25, 0.3) is 0 Å². The minimum Gasteiger partial charge on any atom is -0.497 e. The van der Waals surface area contributed by atoms with Crippen molar-refractivity contribution >= 4 is 17.5 Å². The van der Waals surface area contributed by atoms with E-state index < -0.39 is 53.1 Å². The third-order valence-electron chi connectivity index (χ3n) is 7.11. The Morgan fingerprint density at radius 1 is 1.02 bits per heavy atom. The summed E-state index contributed by atoms with van der Waals surface area (Å²) in [4.78, 5) is 41.4. The Balaban J connectivity index is 1.53. The lowest BCUT2D eigenvalue weighted by Gasteiger charge is -2.20. The number of methoxy groups -OCH3 is 1. The summed E-state index contributed by atoms with van der Waals surface area (Å²) >= 11 is 0. The Morgan fingerprint density at radius 3 is 2.25 bits per heavy atom. The molecule has 210 valence electrons. The molecule has 1 aromatic heterocycles. The van der Waals surface area contributed by atoms with Crippen molar-refractivity contribution in [1.29, 1.82) is 0 Å². The lowest BCUT2D eigenvalue weighted by Crippen LogP contribution is -2.44. The molecule has 0 spiro atoms. The van der Waals surface area contributed by atoms with Gasteiger partial charge in [-0.3, -0.25) is 14.4 Å². The van der Waals surface area contributed by atoms with Crippen LogP contribution in [0, 0.1) is 18.6 Å². The second kappa shape index (κ2) is 10.7. The van der Waals surface area contributed by atoms with Crippen LogP contribution in [0.4, 0.5) is 23.2 Å². The van der Waals surface area contributed by atoms with Crippen LogP contribution >= 0.6 is 0 Å². The van der Waals surface area contributed by atoms with Crippen LogP contribution < -0.4 is 25.2 Å². The molecule has 2 heterocycles. The molecule has 2 atom stereocenters. The fourth-order valence-electron chi connectivity index (χ4n) is 5.00. The molecule has 3 aromatic rings. The smallest absolute Gasteiger partial charge is 0.387 e. The maximum Gasteiger partial charge on any atom is 0.387 e.